The largest absolute Gasteiger partial charge is 0.459 e. The molecule has 0 saturated carbocycles. The molecule has 1 aromatic heterocycles. The number of furan rings is 1. The Bertz CT molecular complexity index is 820. The molecule has 25 heavy (non-hydrogen) atoms. The molecule has 6 nitrogen and oxygen atoms in total. The maximum atomic E-state index is 12.6. The Balaban J connectivity index is 0.00000225. The van der Waals surface area contributed by atoms with Gasteiger partial charge in [0.1, 0.15) is 0 Å². The van der Waals surface area contributed by atoms with Gasteiger partial charge in [-0.15, -0.1) is 12.4 Å². The van der Waals surface area contributed by atoms with E-state index in [0.717, 1.165) is 12.8 Å². The average Bonchev–Trinajstić information content (AvgIpc) is 3.02. The van der Waals surface area contributed by atoms with E-state index < -0.39 is 9.84 Å². The lowest BCUT2D eigenvalue weighted by Crippen LogP contribution is -2.45. The number of hydrogen-bond acceptors (Lipinski definition) is 5. The third-order valence-electron chi connectivity index (χ3n) is 4.13. The molecule has 1 aliphatic heterocycles. The van der Waals surface area contributed by atoms with Crippen LogP contribution in [0.4, 0.5) is 0 Å². The lowest BCUT2D eigenvalue weighted by molar-refractivity contribution is 0.0675. The third kappa shape index (κ3) is 4.42. The van der Waals surface area contributed by atoms with Crippen molar-refractivity contribution in [1.82, 2.24) is 4.90 Å². The van der Waals surface area contributed by atoms with Gasteiger partial charge in [-0.3, -0.25) is 4.79 Å². The molecule has 0 aliphatic carbocycles. The van der Waals surface area contributed by atoms with Gasteiger partial charge in [0.2, 0.25) is 0 Å². The van der Waals surface area contributed by atoms with Crippen LogP contribution in [0.5, 0.6) is 0 Å². The number of rotatable bonds is 4. The number of hydrogen-bond donors (Lipinski definition) is 1. The predicted molar refractivity (Wildman–Crippen MR) is 96.4 cm³/mol. The molecule has 1 fully saturated rings. The van der Waals surface area contributed by atoms with Gasteiger partial charge < -0.3 is 15.1 Å². The minimum atomic E-state index is -3.54. The lowest BCUT2D eigenvalue weighted by Gasteiger charge is -2.30. The third-order valence-corrected chi connectivity index (χ3v) is 5.82. The van der Waals surface area contributed by atoms with Gasteiger partial charge in [-0.25, -0.2) is 8.42 Å². The summed E-state index contributed by atoms with van der Waals surface area (Å²) in [6.07, 6.45) is 3.08. The fourth-order valence-corrected chi connectivity index (χ4v) is 4.27. The Morgan fingerprint density at radius 2 is 1.96 bits per heavy atom. The van der Waals surface area contributed by atoms with Gasteiger partial charge in [-0.1, -0.05) is 18.2 Å². The Kier molecular flexibility index (Phi) is 6.26. The van der Waals surface area contributed by atoms with Gasteiger partial charge in [0, 0.05) is 24.7 Å². The van der Waals surface area contributed by atoms with Gasteiger partial charge in [0.25, 0.3) is 5.91 Å². The first-order valence-corrected chi connectivity index (χ1v) is 9.51. The van der Waals surface area contributed by atoms with E-state index >= 15 is 0 Å². The Morgan fingerprint density at radius 3 is 2.64 bits per heavy atom. The van der Waals surface area contributed by atoms with Crippen LogP contribution in [0.25, 0.3) is 0 Å². The Labute approximate surface area is 153 Å². The van der Waals surface area contributed by atoms with Crippen molar-refractivity contribution in [2.75, 3.05) is 13.1 Å². The standard InChI is InChI=1S/C17H20N2O4S.ClH/c18-14-5-4-9-19(11-14)17(20)16-13(8-10-23-16)12-24(21,22)15-6-2-1-3-7-15;/h1-3,6-8,10,14H,4-5,9,11-12,18H2;1H. The second kappa shape index (κ2) is 8.03. The van der Waals surface area contributed by atoms with Crippen molar-refractivity contribution in [2.45, 2.75) is 29.5 Å². The van der Waals surface area contributed by atoms with E-state index in [4.69, 9.17) is 10.2 Å². The van der Waals surface area contributed by atoms with Crippen molar-refractivity contribution in [3.63, 3.8) is 0 Å². The highest BCUT2D eigenvalue weighted by molar-refractivity contribution is 7.90. The number of nitrogens with two attached hydrogens (primary N) is 1. The zero-order valence-corrected chi connectivity index (χ0v) is 15.3. The first-order chi connectivity index (χ1) is 11.5. The minimum absolute atomic E-state index is 0. The van der Waals surface area contributed by atoms with Crippen molar-refractivity contribution >= 4 is 28.2 Å². The van der Waals surface area contributed by atoms with Crippen molar-refractivity contribution in [3.8, 4) is 0 Å². The fourth-order valence-electron chi connectivity index (χ4n) is 2.89. The van der Waals surface area contributed by atoms with Crippen LogP contribution in [0.15, 0.2) is 52.0 Å². The number of carbonyl (C=O) groups is 1. The monoisotopic (exact) mass is 384 g/mol. The minimum Gasteiger partial charge on any atom is -0.459 e. The predicted octanol–water partition coefficient (Wildman–Crippen LogP) is 2.24. The van der Waals surface area contributed by atoms with Crippen LogP contribution in [0.3, 0.4) is 0 Å². The topological polar surface area (TPSA) is 93.6 Å². The highest BCUT2D eigenvalue weighted by Gasteiger charge is 2.28. The van der Waals surface area contributed by atoms with Crippen molar-refractivity contribution < 1.29 is 17.6 Å². The SMILES string of the molecule is Cl.NC1CCCN(C(=O)c2occc2CS(=O)(=O)c2ccccc2)C1. The molecule has 1 unspecified atom stereocenters. The van der Waals surface area contributed by atoms with Gasteiger partial charge in [0.15, 0.2) is 15.6 Å². The number of carbonyl (C=O) groups excluding carboxylic acids is 1. The Morgan fingerprint density at radius 1 is 1.24 bits per heavy atom. The van der Waals surface area contributed by atoms with Gasteiger partial charge >= 0.3 is 0 Å². The number of likely N-dealkylation sites (tertiary alicyclic amines) is 1. The number of piperidine rings is 1. The summed E-state index contributed by atoms with van der Waals surface area (Å²) in [7, 11) is -3.54. The summed E-state index contributed by atoms with van der Waals surface area (Å²) in [6, 6.07) is 9.67. The summed E-state index contributed by atoms with van der Waals surface area (Å²) in [5, 5.41) is 0. The van der Waals surface area contributed by atoms with E-state index in [9.17, 15) is 13.2 Å². The van der Waals surface area contributed by atoms with Crippen LogP contribution in [0.2, 0.25) is 0 Å². The number of halogens is 1. The average molecular weight is 385 g/mol. The van der Waals surface area contributed by atoms with Crippen LogP contribution in [-0.4, -0.2) is 38.4 Å². The fraction of sp³-hybridized carbons (Fsp3) is 0.353. The molecule has 1 aromatic carbocycles. The maximum absolute atomic E-state index is 12.6. The summed E-state index contributed by atoms with van der Waals surface area (Å²) in [6.45, 7) is 1.07. The lowest BCUT2D eigenvalue weighted by atomic mass is 10.1. The highest BCUT2D eigenvalue weighted by atomic mass is 35.5. The van der Waals surface area contributed by atoms with Crippen LogP contribution < -0.4 is 5.73 Å². The quantitative estimate of drug-likeness (QED) is 0.872. The molecule has 0 radical (unpaired) electrons. The first kappa shape index (κ1) is 19.5. The van der Waals surface area contributed by atoms with Gasteiger partial charge in [-0.2, -0.15) is 0 Å². The number of nitrogens with zero attached hydrogens (tertiary/aromatic N) is 1. The molecule has 2 aromatic rings. The van der Waals surface area contributed by atoms with Crippen molar-refractivity contribution in [3.05, 3.63) is 54.0 Å². The van der Waals surface area contributed by atoms with E-state index in [-0.39, 0.29) is 40.8 Å². The molecule has 136 valence electrons. The van der Waals surface area contributed by atoms with Crippen LogP contribution in [0, 0.1) is 0 Å². The van der Waals surface area contributed by atoms with Gasteiger partial charge in [-0.05, 0) is 31.0 Å². The van der Waals surface area contributed by atoms with Crippen molar-refractivity contribution in [1.29, 1.82) is 0 Å². The van der Waals surface area contributed by atoms with E-state index in [0.29, 0.717) is 18.7 Å². The summed E-state index contributed by atoms with van der Waals surface area (Å²) in [5.74, 6) is -0.480. The molecule has 2 N–H and O–H groups in total. The molecule has 1 amide bonds. The summed E-state index contributed by atoms with van der Waals surface area (Å²) in [5.41, 5.74) is 6.29. The molecule has 0 bridgehead atoms. The highest BCUT2D eigenvalue weighted by Crippen LogP contribution is 2.22. The van der Waals surface area contributed by atoms with Crippen molar-refractivity contribution in [2.24, 2.45) is 5.73 Å². The summed E-state index contributed by atoms with van der Waals surface area (Å²) >= 11 is 0. The molecular formula is C17H21ClN2O4S. The summed E-state index contributed by atoms with van der Waals surface area (Å²) in [4.78, 5) is 14.5. The normalized spacial score (nSPS) is 17.8. The molecule has 3 rings (SSSR count). The number of benzene rings is 1. The molecule has 1 saturated heterocycles. The number of amides is 1. The molecule has 2 heterocycles. The number of sulfone groups is 1. The first-order valence-electron chi connectivity index (χ1n) is 7.86. The van der Waals surface area contributed by atoms with Crippen LogP contribution >= 0.6 is 12.4 Å². The van der Waals surface area contributed by atoms with E-state index in [2.05, 4.69) is 0 Å². The van der Waals surface area contributed by atoms with E-state index in [1.54, 1.807) is 35.2 Å². The Hall–Kier alpha value is -1.83. The molecular weight excluding hydrogens is 364 g/mol. The molecule has 8 heteroatoms. The van der Waals surface area contributed by atoms with E-state index in [1.165, 1.54) is 12.3 Å². The molecule has 0 spiro atoms. The smallest absolute Gasteiger partial charge is 0.289 e. The second-order valence-electron chi connectivity index (χ2n) is 6.00. The van der Waals surface area contributed by atoms with E-state index in [1.807, 2.05) is 0 Å². The molecule has 1 aliphatic rings. The zero-order chi connectivity index (χ0) is 17.2. The van der Waals surface area contributed by atoms with Gasteiger partial charge in [0.05, 0.1) is 16.9 Å². The summed E-state index contributed by atoms with van der Waals surface area (Å²) < 4.78 is 30.3. The zero-order valence-electron chi connectivity index (χ0n) is 13.6. The molecule has 1 atom stereocenters. The maximum Gasteiger partial charge on any atom is 0.289 e. The van der Waals surface area contributed by atoms with Crippen LogP contribution in [-0.2, 0) is 15.6 Å². The van der Waals surface area contributed by atoms with Crippen LogP contribution in [0.1, 0.15) is 29.0 Å². The second-order valence-corrected chi connectivity index (χ2v) is 7.99.